The molecular formula is C19H21N5O2S. The molecule has 0 saturated carbocycles. The van der Waals surface area contributed by atoms with Gasteiger partial charge in [-0.05, 0) is 30.9 Å². The number of hydrogen-bond donors (Lipinski definition) is 2. The maximum atomic E-state index is 12.7. The van der Waals surface area contributed by atoms with Crippen LogP contribution in [-0.4, -0.2) is 45.0 Å². The molecule has 4 rings (SSSR count). The molecule has 3 heterocycles. The minimum absolute atomic E-state index is 0.0825. The molecule has 0 radical (unpaired) electrons. The number of nitrogens with one attached hydrogen (secondary N) is 2. The lowest BCUT2D eigenvalue weighted by Crippen LogP contribution is -2.43. The minimum Gasteiger partial charge on any atom is -0.361 e. The smallest absolute Gasteiger partial charge is 0.231 e. The van der Waals surface area contributed by atoms with Gasteiger partial charge in [0.15, 0.2) is 0 Å². The van der Waals surface area contributed by atoms with Crippen molar-refractivity contribution in [3.63, 3.8) is 0 Å². The van der Waals surface area contributed by atoms with Crippen molar-refractivity contribution in [2.24, 2.45) is 5.92 Å². The summed E-state index contributed by atoms with van der Waals surface area (Å²) < 4.78 is 0. The van der Waals surface area contributed by atoms with Crippen LogP contribution in [-0.2, 0) is 16.0 Å². The van der Waals surface area contributed by atoms with Crippen molar-refractivity contribution in [3.05, 3.63) is 41.5 Å². The molecule has 3 aromatic rings. The number of aryl methyl sites for hydroxylation is 1. The van der Waals surface area contributed by atoms with Gasteiger partial charge in [-0.15, -0.1) is 10.2 Å². The molecule has 7 nitrogen and oxygen atoms in total. The molecule has 140 valence electrons. The van der Waals surface area contributed by atoms with Gasteiger partial charge in [0.2, 0.25) is 16.9 Å². The lowest BCUT2D eigenvalue weighted by molar-refractivity contribution is -0.134. The van der Waals surface area contributed by atoms with Gasteiger partial charge in [-0.3, -0.25) is 9.59 Å². The fourth-order valence-corrected chi connectivity index (χ4v) is 4.04. The van der Waals surface area contributed by atoms with Crippen molar-refractivity contribution in [2.75, 3.05) is 18.4 Å². The van der Waals surface area contributed by atoms with Crippen LogP contribution in [0.25, 0.3) is 10.9 Å². The lowest BCUT2D eigenvalue weighted by atomic mass is 9.96. The van der Waals surface area contributed by atoms with Gasteiger partial charge < -0.3 is 15.2 Å². The number of carbonyl (C=O) groups excluding carboxylic acids is 2. The van der Waals surface area contributed by atoms with Crippen molar-refractivity contribution in [1.29, 1.82) is 0 Å². The van der Waals surface area contributed by atoms with Gasteiger partial charge in [-0.25, -0.2) is 0 Å². The van der Waals surface area contributed by atoms with Crippen LogP contribution in [0.1, 0.15) is 24.8 Å². The van der Waals surface area contributed by atoms with Gasteiger partial charge in [0.1, 0.15) is 5.51 Å². The zero-order valence-corrected chi connectivity index (χ0v) is 15.7. The molecule has 1 saturated heterocycles. The highest BCUT2D eigenvalue weighted by molar-refractivity contribution is 7.13. The zero-order chi connectivity index (χ0) is 18.6. The third kappa shape index (κ3) is 4.00. The fraction of sp³-hybridized carbons (Fsp3) is 0.368. The van der Waals surface area contributed by atoms with E-state index in [9.17, 15) is 9.59 Å². The highest BCUT2D eigenvalue weighted by atomic mass is 32.1. The van der Waals surface area contributed by atoms with Gasteiger partial charge in [0.05, 0.1) is 5.92 Å². The van der Waals surface area contributed by atoms with E-state index in [1.54, 1.807) is 5.51 Å². The monoisotopic (exact) mass is 383 g/mol. The summed E-state index contributed by atoms with van der Waals surface area (Å²) in [5, 5.41) is 12.0. The SMILES string of the molecule is O=C(Nc1nncs1)C1CCCN(C(=O)CCc2c[nH]c3ccccc23)C1. The number of fused-ring (bicyclic) bond motifs is 1. The third-order valence-electron chi connectivity index (χ3n) is 5.02. The Morgan fingerprint density at radius 3 is 3.07 bits per heavy atom. The number of anilines is 1. The first kappa shape index (κ1) is 17.7. The molecule has 27 heavy (non-hydrogen) atoms. The van der Waals surface area contributed by atoms with E-state index in [2.05, 4.69) is 26.6 Å². The van der Waals surface area contributed by atoms with Crippen LogP contribution in [0, 0.1) is 5.92 Å². The van der Waals surface area contributed by atoms with E-state index >= 15 is 0 Å². The first-order valence-electron chi connectivity index (χ1n) is 9.10. The number of benzene rings is 1. The standard InChI is InChI=1S/C19H21N5O2S/c25-17(8-7-13-10-20-16-6-2-1-5-15(13)16)24-9-3-4-14(11-24)18(26)22-19-23-21-12-27-19/h1-2,5-6,10,12,14,20H,3-4,7-9,11H2,(H,22,23,26). The number of nitrogens with zero attached hydrogens (tertiary/aromatic N) is 3. The van der Waals surface area contributed by atoms with E-state index in [0.29, 0.717) is 24.5 Å². The summed E-state index contributed by atoms with van der Waals surface area (Å²) in [6.07, 6.45) is 4.75. The number of amides is 2. The van der Waals surface area contributed by atoms with Crippen molar-refractivity contribution in [3.8, 4) is 0 Å². The number of para-hydroxylation sites is 1. The van der Waals surface area contributed by atoms with E-state index in [0.717, 1.165) is 30.5 Å². The Balaban J connectivity index is 1.33. The van der Waals surface area contributed by atoms with Crippen molar-refractivity contribution in [1.82, 2.24) is 20.1 Å². The molecule has 1 fully saturated rings. The van der Waals surface area contributed by atoms with Crippen molar-refractivity contribution < 1.29 is 9.59 Å². The number of aromatic amines is 1. The van der Waals surface area contributed by atoms with Gasteiger partial charge in [0, 0.05) is 36.6 Å². The molecule has 1 aromatic carbocycles. The molecule has 1 unspecified atom stereocenters. The molecule has 2 amide bonds. The van der Waals surface area contributed by atoms with Gasteiger partial charge >= 0.3 is 0 Å². The van der Waals surface area contributed by atoms with E-state index in [1.807, 2.05) is 29.3 Å². The Labute approximate surface area is 160 Å². The van der Waals surface area contributed by atoms with Crippen LogP contribution in [0.15, 0.2) is 36.0 Å². The highest BCUT2D eigenvalue weighted by Gasteiger charge is 2.28. The normalized spacial score (nSPS) is 17.2. The number of rotatable bonds is 5. The number of hydrogen-bond acceptors (Lipinski definition) is 5. The molecule has 1 atom stereocenters. The summed E-state index contributed by atoms with van der Waals surface area (Å²) in [6, 6.07) is 8.11. The minimum atomic E-state index is -0.195. The molecule has 2 aromatic heterocycles. The molecule has 0 aliphatic carbocycles. The second kappa shape index (κ2) is 7.87. The quantitative estimate of drug-likeness (QED) is 0.709. The first-order chi connectivity index (χ1) is 13.2. The Morgan fingerprint density at radius 1 is 1.33 bits per heavy atom. The summed E-state index contributed by atoms with van der Waals surface area (Å²) in [5.41, 5.74) is 3.82. The highest BCUT2D eigenvalue weighted by Crippen LogP contribution is 2.22. The molecule has 1 aliphatic heterocycles. The summed E-state index contributed by atoms with van der Waals surface area (Å²) in [5.74, 6) is -0.172. The Morgan fingerprint density at radius 2 is 2.22 bits per heavy atom. The van der Waals surface area contributed by atoms with Gasteiger partial charge in [0.25, 0.3) is 0 Å². The number of piperidine rings is 1. The van der Waals surface area contributed by atoms with Crippen LogP contribution < -0.4 is 5.32 Å². The van der Waals surface area contributed by atoms with Crippen LogP contribution in [0.4, 0.5) is 5.13 Å². The average molecular weight is 383 g/mol. The molecule has 2 N–H and O–H groups in total. The molecular weight excluding hydrogens is 362 g/mol. The maximum Gasteiger partial charge on any atom is 0.231 e. The van der Waals surface area contributed by atoms with Crippen LogP contribution in [0.3, 0.4) is 0 Å². The lowest BCUT2D eigenvalue weighted by Gasteiger charge is -2.32. The van der Waals surface area contributed by atoms with E-state index in [1.165, 1.54) is 16.7 Å². The molecule has 0 bridgehead atoms. The Bertz CT molecular complexity index is 937. The predicted octanol–water partition coefficient (Wildman–Crippen LogP) is 2.83. The van der Waals surface area contributed by atoms with Crippen LogP contribution in [0.2, 0.25) is 0 Å². The van der Waals surface area contributed by atoms with Crippen LogP contribution in [0.5, 0.6) is 0 Å². The predicted molar refractivity (Wildman–Crippen MR) is 104 cm³/mol. The third-order valence-corrected chi connectivity index (χ3v) is 5.62. The summed E-state index contributed by atoms with van der Waals surface area (Å²) in [6.45, 7) is 1.19. The summed E-state index contributed by atoms with van der Waals surface area (Å²) in [4.78, 5) is 30.2. The zero-order valence-electron chi connectivity index (χ0n) is 14.9. The molecule has 8 heteroatoms. The summed E-state index contributed by atoms with van der Waals surface area (Å²) >= 11 is 1.29. The largest absolute Gasteiger partial charge is 0.361 e. The number of likely N-dealkylation sites (tertiary alicyclic amines) is 1. The van der Waals surface area contributed by atoms with E-state index in [4.69, 9.17) is 0 Å². The first-order valence-corrected chi connectivity index (χ1v) is 9.98. The Hall–Kier alpha value is -2.74. The van der Waals surface area contributed by atoms with Gasteiger partial charge in [-0.1, -0.05) is 29.5 Å². The van der Waals surface area contributed by atoms with E-state index in [-0.39, 0.29) is 17.7 Å². The average Bonchev–Trinajstić information content (AvgIpc) is 3.36. The van der Waals surface area contributed by atoms with Crippen molar-refractivity contribution >= 4 is 39.2 Å². The maximum absolute atomic E-state index is 12.7. The van der Waals surface area contributed by atoms with Gasteiger partial charge in [-0.2, -0.15) is 0 Å². The second-order valence-electron chi connectivity index (χ2n) is 6.77. The fourth-order valence-electron chi connectivity index (χ4n) is 3.59. The molecule has 1 aliphatic rings. The number of H-pyrrole nitrogens is 1. The number of aromatic nitrogens is 3. The molecule has 0 spiro atoms. The number of carbonyl (C=O) groups is 2. The summed E-state index contributed by atoms with van der Waals surface area (Å²) in [7, 11) is 0. The topological polar surface area (TPSA) is 91.0 Å². The van der Waals surface area contributed by atoms with Crippen molar-refractivity contribution in [2.45, 2.75) is 25.7 Å². The Kier molecular flexibility index (Phi) is 5.15. The second-order valence-corrected chi connectivity index (χ2v) is 7.60. The van der Waals surface area contributed by atoms with E-state index < -0.39 is 0 Å². The van der Waals surface area contributed by atoms with Crippen LogP contribution >= 0.6 is 11.3 Å².